The summed E-state index contributed by atoms with van der Waals surface area (Å²) in [6.07, 6.45) is 4.54. The first-order valence-corrected chi connectivity index (χ1v) is 11.3. The normalized spacial score (nSPS) is 24.3. The van der Waals surface area contributed by atoms with E-state index in [4.69, 9.17) is 5.73 Å². The predicted molar refractivity (Wildman–Crippen MR) is 114 cm³/mol. The maximum Gasteiger partial charge on any atom is 0.245 e. The molecule has 29 heavy (non-hydrogen) atoms. The van der Waals surface area contributed by atoms with Crippen molar-refractivity contribution < 1.29 is 14.4 Å². The topological polar surface area (TPSA) is 95.7 Å². The molecule has 2 heterocycles. The van der Waals surface area contributed by atoms with E-state index in [0.717, 1.165) is 38.8 Å². The molecule has 2 fully saturated rings. The third kappa shape index (κ3) is 6.98. The van der Waals surface area contributed by atoms with Gasteiger partial charge in [0.05, 0.1) is 6.04 Å². The molecule has 0 radical (unpaired) electrons. The van der Waals surface area contributed by atoms with Crippen LogP contribution in [0.25, 0.3) is 0 Å². The molecule has 0 aromatic rings. The van der Waals surface area contributed by atoms with E-state index in [9.17, 15) is 14.4 Å². The van der Waals surface area contributed by atoms with Gasteiger partial charge in [-0.15, -0.1) is 0 Å². The Balaban J connectivity index is 2.10. The average Bonchev–Trinajstić information content (AvgIpc) is 2.65. The molecule has 7 nitrogen and oxygen atoms in total. The second-order valence-electron chi connectivity index (χ2n) is 9.61. The minimum absolute atomic E-state index is 0.0613. The van der Waals surface area contributed by atoms with Crippen molar-refractivity contribution in [3.05, 3.63) is 0 Å². The quantitative estimate of drug-likeness (QED) is 0.607. The number of hydrogen-bond acceptors (Lipinski definition) is 4. The summed E-state index contributed by atoms with van der Waals surface area (Å²) in [5.74, 6) is 0.905. The van der Waals surface area contributed by atoms with Crippen molar-refractivity contribution in [3.63, 3.8) is 0 Å². The number of carbonyl (C=O) groups excluding carboxylic acids is 3. The molecule has 2 aliphatic heterocycles. The largest absolute Gasteiger partial charge is 0.370 e. The molecule has 7 heteroatoms. The smallest absolute Gasteiger partial charge is 0.245 e. The van der Waals surface area contributed by atoms with Crippen molar-refractivity contribution >= 4 is 17.7 Å². The molecule has 2 aliphatic rings. The molecule has 0 spiro atoms. The third-order valence-corrected chi connectivity index (χ3v) is 6.02. The van der Waals surface area contributed by atoms with Crippen molar-refractivity contribution in [2.75, 3.05) is 26.2 Å². The maximum absolute atomic E-state index is 13.5. The van der Waals surface area contributed by atoms with Gasteiger partial charge in [0.2, 0.25) is 17.7 Å². The van der Waals surface area contributed by atoms with Gasteiger partial charge in [-0.05, 0) is 49.9 Å². The summed E-state index contributed by atoms with van der Waals surface area (Å²) in [5.41, 5.74) is 5.30. The number of piperidine rings is 1. The van der Waals surface area contributed by atoms with Crippen LogP contribution in [0.2, 0.25) is 0 Å². The highest BCUT2D eigenvalue weighted by Crippen LogP contribution is 2.25. The van der Waals surface area contributed by atoms with Crippen LogP contribution in [0.15, 0.2) is 0 Å². The lowest BCUT2D eigenvalue weighted by atomic mass is 9.91. The number of primary amides is 1. The van der Waals surface area contributed by atoms with E-state index in [1.165, 1.54) is 0 Å². The Labute approximate surface area is 175 Å². The monoisotopic (exact) mass is 408 g/mol. The van der Waals surface area contributed by atoms with E-state index in [0.29, 0.717) is 43.7 Å². The molecule has 0 aromatic carbocycles. The van der Waals surface area contributed by atoms with E-state index in [1.54, 1.807) is 0 Å². The fourth-order valence-corrected chi connectivity index (χ4v) is 4.59. The van der Waals surface area contributed by atoms with Crippen LogP contribution >= 0.6 is 0 Å². The highest BCUT2D eigenvalue weighted by molar-refractivity contribution is 5.90. The van der Waals surface area contributed by atoms with Gasteiger partial charge in [0.15, 0.2) is 0 Å². The van der Waals surface area contributed by atoms with Gasteiger partial charge in [-0.2, -0.15) is 0 Å². The molecular formula is C22H40N4O3. The molecule has 0 saturated carbocycles. The molecule has 0 bridgehead atoms. The molecule has 1 unspecified atom stereocenters. The van der Waals surface area contributed by atoms with Crippen molar-refractivity contribution in [3.8, 4) is 0 Å². The summed E-state index contributed by atoms with van der Waals surface area (Å²) in [4.78, 5) is 41.6. The number of likely N-dealkylation sites (tertiary alicyclic amines) is 1. The molecule has 166 valence electrons. The van der Waals surface area contributed by atoms with E-state index in [-0.39, 0.29) is 23.8 Å². The van der Waals surface area contributed by atoms with Gasteiger partial charge in [0.1, 0.15) is 6.04 Å². The Morgan fingerprint density at radius 3 is 2.52 bits per heavy atom. The maximum atomic E-state index is 13.5. The van der Waals surface area contributed by atoms with E-state index in [1.807, 2.05) is 9.80 Å². The number of nitrogens with one attached hydrogen (secondary N) is 1. The standard InChI is InChI=1S/C22H40N4O3/c1-15(2)12-18-21(28)26(11-9-24-18)19(13-16(3)4)22(29)25-10-5-6-17(14-25)7-8-20(23)27/h15-19,24H,5-14H2,1-4H3,(H2,23,27)/t17?,18-,19-/m0/s1. The second kappa shape index (κ2) is 11.0. The van der Waals surface area contributed by atoms with Crippen LogP contribution in [0.5, 0.6) is 0 Å². The molecule has 3 amide bonds. The second-order valence-corrected chi connectivity index (χ2v) is 9.61. The van der Waals surface area contributed by atoms with Gasteiger partial charge in [0, 0.05) is 32.6 Å². The van der Waals surface area contributed by atoms with Gasteiger partial charge >= 0.3 is 0 Å². The summed E-state index contributed by atoms with van der Waals surface area (Å²) in [6.45, 7) is 11.1. The number of carbonyl (C=O) groups is 3. The first-order chi connectivity index (χ1) is 13.7. The molecule has 2 saturated heterocycles. The van der Waals surface area contributed by atoms with Crippen LogP contribution in [0, 0.1) is 17.8 Å². The van der Waals surface area contributed by atoms with Crippen LogP contribution in [-0.4, -0.2) is 65.8 Å². The van der Waals surface area contributed by atoms with Crippen molar-refractivity contribution in [2.24, 2.45) is 23.5 Å². The average molecular weight is 409 g/mol. The summed E-state index contributed by atoms with van der Waals surface area (Å²) in [5, 5.41) is 3.33. The first kappa shape index (κ1) is 23.6. The Hall–Kier alpha value is -1.63. The van der Waals surface area contributed by atoms with Gasteiger partial charge in [-0.1, -0.05) is 27.7 Å². The zero-order valence-corrected chi connectivity index (χ0v) is 18.7. The molecule has 3 atom stereocenters. The Kier molecular flexibility index (Phi) is 8.93. The Morgan fingerprint density at radius 1 is 1.17 bits per heavy atom. The summed E-state index contributed by atoms with van der Waals surface area (Å²) in [6, 6.07) is -0.593. The fourth-order valence-electron chi connectivity index (χ4n) is 4.59. The molecule has 0 aliphatic carbocycles. The van der Waals surface area contributed by atoms with E-state index < -0.39 is 6.04 Å². The lowest BCUT2D eigenvalue weighted by Gasteiger charge is -2.42. The summed E-state index contributed by atoms with van der Waals surface area (Å²) >= 11 is 0. The number of piperazine rings is 1. The van der Waals surface area contributed by atoms with Gasteiger partial charge in [-0.3, -0.25) is 14.4 Å². The molecular weight excluding hydrogens is 368 g/mol. The predicted octanol–water partition coefficient (Wildman–Crippen LogP) is 1.75. The number of nitrogens with two attached hydrogens (primary N) is 1. The van der Waals surface area contributed by atoms with E-state index in [2.05, 4.69) is 33.0 Å². The number of rotatable bonds is 9. The van der Waals surface area contributed by atoms with Crippen LogP contribution in [0.4, 0.5) is 0 Å². The summed E-state index contributed by atoms with van der Waals surface area (Å²) < 4.78 is 0. The molecule has 3 N–H and O–H groups in total. The van der Waals surface area contributed by atoms with Crippen molar-refractivity contribution in [1.82, 2.24) is 15.1 Å². The van der Waals surface area contributed by atoms with Crippen molar-refractivity contribution in [1.29, 1.82) is 0 Å². The number of hydrogen-bond donors (Lipinski definition) is 2. The van der Waals surface area contributed by atoms with Crippen LogP contribution < -0.4 is 11.1 Å². The van der Waals surface area contributed by atoms with Crippen LogP contribution in [0.1, 0.15) is 66.2 Å². The van der Waals surface area contributed by atoms with Gasteiger partial charge in [-0.25, -0.2) is 0 Å². The summed E-state index contributed by atoms with van der Waals surface area (Å²) in [7, 11) is 0. The lowest BCUT2D eigenvalue weighted by Crippen LogP contribution is -2.62. The minimum atomic E-state index is -0.394. The Bertz CT molecular complexity index is 578. The van der Waals surface area contributed by atoms with Crippen LogP contribution in [0.3, 0.4) is 0 Å². The zero-order chi connectivity index (χ0) is 21.6. The first-order valence-electron chi connectivity index (χ1n) is 11.3. The molecule has 2 rings (SSSR count). The van der Waals surface area contributed by atoms with Crippen molar-refractivity contribution in [2.45, 2.75) is 78.3 Å². The minimum Gasteiger partial charge on any atom is -0.370 e. The highest BCUT2D eigenvalue weighted by atomic mass is 16.2. The van der Waals surface area contributed by atoms with Gasteiger partial charge in [0.25, 0.3) is 0 Å². The lowest BCUT2D eigenvalue weighted by molar-refractivity contribution is -0.150. The number of nitrogens with zero attached hydrogens (tertiary/aromatic N) is 2. The third-order valence-electron chi connectivity index (χ3n) is 6.02. The SMILES string of the molecule is CC(C)C[C@@H]1NCCN([C@@H](CC(C)C)C(=O)N2CCCC(CCC(N)=O)C2)C1=O. The molecule has 0 aromatic heterocycles. The highest BCUT2D eigenvalue weighted by Gasteiger charge is 2.39. The fraction of sp³-hybridized carbons (Fsp3) is 0.864. The number of amides is 3. The zero-order valence-electron chi connectivity index (χ0n) is 18.7. The van der Waals surface area contributed by atoms with E-state index >= 15 is 0 Å². The Morgan fingerprint density at radius 2 is 1.90 bits per heavy atom. The van der Waals surface area contributed by atoms with Crippen LogP contribution in [-0.2, 0) is 14.4 Å². The van der Waals surface area contributed by atoms with Gasteiger partial charge < -0.3 is 20.9 Å².